The van der Waals surface area contributed by atoms with Gasteiger partial charge < -0.3 is 15.8 Å². The van der Waals surface area contributed by atoms with E-state index in [1.807, 2.05) is 0 Å². The first-order valence-corrected chi connectivity index (χ1v) is 1.53. The Bertz CT molecular complexity index is 121. The quantitative estimate of drug-likeness (QED) is 0.159. The zero-order chi connectivity index (χ0) is 6.57. The minimum Gasteiger partial charge on any atom is -0.345 e. The minimum absolute atomic E-state index is 0.679. The van der Waals surface area contributed by atoms with E-state index in [2.05, 4.69) is 16.1 Å². The number of nitro groups is 1. The van der Waals surface area contributed by atoms with Crippen LogP contribution >= 0.6 is 0 Å². The summed E-state index contributed by atoms with van der Waals surface area (Å²) < 4.78 is 0. The van der Waals surface area contributed by atoms with Gasteiger partial charge in [-0.1, -0.05) is 0 Å². The summed E-state index contributed by atoms with van der Waals surface area (Å²) in [6.45, 7) is 0. The van der Waals surface area contributed by atoms with Crippen molar-refractivity contribution in [1.29, 1.82) is 5.41 Å². The summed E-state index contributed by atoms with van der Waals surface area (Å²) >= 11 is 0. The van der Waals surface area contributed by atoms with Crippen molar-refractivity contribution in [2.45, 2.75) is 0 Å². The van der Waals surface area contributed by atoms with Crippen molar-refractivity contribution in [3.8, 4) is 0 Å². The van der Waals surface area contributed by atoms with E-state index in [0.717, 1.165) is 0 Å². The molecule has 0 fully saturated rings. The monoisotopic (exact) mass is 117 g/mol. The summed E-state index contributed by atoms with van der Waals surface area (Å²) in [7, 11) is 0. The molecule has 7 nitrogen and oxygen atoms in total. The molecule has 0 aliphatic carbocycles. The lowest BCUT2D eigenvalue weighted by Crippen LogP contribution is -2.04. The second kappa shape index (κ2) is 2.61. The third-order valence-corrected chi connectivity index (χ3v) is 0.225. The number of rotatable bonds is 1. The van der Waals surface area contributed by atoms with Crippen molar-refractivity contribution in [3.63, 3.8) is 0 Å². The van der Waals surface area contributed by atoms with E-state index in [1.165, 1.54) is 0 Å². The molecule has 0 radical (unpaired) electrons. The van der Waals surface area contributed by atoms with E-state index in [4.69, 9.17) is 5.41 Å². The zero-order valence-corrected chi connectivity index (χ0v) is 3.74. The van der Waals surface area contributed by atoms with E-state index < -0.39 is 11.0 Å². The van der Waals surface area contributed by atoms with Gasteiger partial charge in [-0.25, -0.2) is 5.41 Å². The molecule has 0 aromatic heterocycles. The van der Waals surface area contributed by atoms with Crippen LogP contribution in [0.5, 0.6) is 0 Å². The highest BCUT2D eigenvalue weighted by Gasteiger charge is 1.90. The Hall–Kier alpha value is -1.53. The molecule has 3 N–H and O–H groups in total. The highest BCUT2D eigenvalue weighted by atomic mass is 16.7. The van der Waals surface area contributed by atoms with Gasteiger partial charge in [-0.15, -0.1) is 0 Å². The summed E-state index contributed by atoms with van der Waals surface area (Å²) in [5.41, 5.74) is 4.56. The van der Waals surface area contributed by atoms with E-state index in [-0.39, 0.29) is 0 Å². The van der Waals surface area contributed by atoms with Crippen LogP contribution in [0, 0.1) is 15.5 Å². The van der Waals surface area contributed by atoms with Gasteiger partial charge in [0.2, 0.25) is 0 Å². The lowest BCUT2D eigenvalue weighted by atomic mass is 11.1. The molecule has 0 spiro atoms. The third kappa shape index (κ3) is 4.47. The highest BCUT2D eigenvalue weighted by Crippen LogP contribution is 1.71. The number of nitrogens with two attached hydrogens (primary N) is 1. The van der Waals surface area contributed by atoms with Gasteiger partial charge in [-0.2, -0.15) is 0 Å². The maximum atomic E-state index is 9.30. The number of hydrogen-bond donors (Lipinski definition) is 2. The lowest BCUT2D eigenvalue weighted by molar-refractivity contribution is -0.493. The summed E-state index contributed by atoms with van der Waals surface area (Å²) in [5.74, 6) is -0.679. The standard InChI is InChI=1S/CH3N5O2/c2-1(3)4-5-6(7)8/h(H3,2,3). The Morgan fingerprint density at radius 3 is 2.50 bits per heavy atom. The summed E-state index contributed by atoms with van der Waals surface area (Å²) in [5, 5.41) is 19.5. The molecule has 0 aliphatic rings. The number of nitrogens with zero attached hydrogens (tertiary/aromatic N) is 3. The van der Waals surface area contributed by atoms with Crippen molar-refractivity contribution < 1.29 is 5.03 Å². The van der Waals surface area contributed by atoms with Crippen LogP contribution in [0.15, 0.2) is 10.3 Å². The van der Waals surface area contributed by atoms with Gasteiger partial charge >= 0.3 is 5.96 Å². The predicted molar refractivity (Wildman–Crippen MR) is 23.8 cm³/mol. The zero-order valence-electron chi connectivity index (χ0n) is 3.74. The van der Waals surface area contributed by atoms with Gasteiger partial charge in [0.25, 0.3) is 0 Å². The topological polar surface area (TPSA) is 118 Å². The Kier molecular flexibility index (Phi) is 2.11. The average molecular weight is 117 g/mol. The maximum Gasteiger partial charge on any atom is 0.356 e. The second-order valence-electron chi connectivity index (χ2n) is 0.813. The Morgan fingerprint density at radius 2 is 2.38 bits per heavy atom. The Morgan fingerprint density at radius 1 is 1.88 bits per heavy atom. The molecule has 0 aromatic carbocycles. The molecule has 0 amide bonds. The Balaban J connectivity index is 3.67. The largest absolute Gasteiger partial charge is 0.356 e. The van der Waals surface area contributed by atoms with Crippen molar-refractivity contribution in [2.75, 3.05) is 0 Å². The van der Waals surface area contributed by atoms with Crippen LogP contribution in [0.3, 0.4) is 0 Å². The normalized spacial score (nSPS) is 9.50. The first-order chi connectivity index (χ1) is 3.63. The van der Waals surface area contributed by atoms with Crippen molar-refractivity contribution >= 4 is 5.96 Å². The molecule has 8 heavy (non-hydrogen) atoms. The van der Waals surface area contributed by atoms with Crippen LogP contribution in [-0.2, 0) is 0 Å². The van der Waals surface area contributed by atoms with Gasteiger partial charge in [0.1, 0.15) is 5.11 Å². The summed E-state index contributed by atoms with van der Waals surface area (Å²) in [4.78, 5) is 9.30. The van der Waals surface area contributed by atoms with Crippen LogP contribution in [0.2, 0.25) is 0 Å². The first-order valence-electron chi connectivity index (χ1n) is 1.53. The maximum absolute atomic E-state index is 9.30. The Labute approximate surface area is 43.8 Å². The molecule has 0 bridgehead atoms. The molecular formula is CH3N5O2. The van der Waals surface area contributed by atoms with Gasteiger partial charge in [0, 0.05) is 0 Å². The number of guanidine groups is 1. The summed E-state index contributed by atoms with van der Waals surface area (Å²) in [6, 6.07) is 0. The van der Waals surface area contributed by atoms with Gasteiger partial charge in [-0.05, 0) is 0 Å². The molecule has 0 aliphatic heterocycles. The fourth-order valence-electron chi connectivity index (χ4n) is 0.0847. The SMILES string of the molecule is N=C(N)N=N[N+](=O)[O-]. The molecule has 0 atom stereocenters. The van der Waals surface area contributed by atoms with Crippen LogP contribution in [0.25, 0.3) is 0 Å². The lowest BCUT2D eigenvalue weighted by Gasteiger charge is -1.73. The van der Waals surface area contributed by atoms with Crippen molar-refractivity contribution in [2.24, 2.45) is 16.1 Å². The molecule has 0 unspecified atom stereocenters. The van der Waals surface area contributed by atoms with E-state index in [9.17, 15) is 10.1 Å². The molecule has 44 valence electrons. The van der Waals surface area contributed by atoms with Crippen LogP contribution in [-0.4, -0.2) is 11.0 Å². The van der Waals surface area contributed by atoms with Gasteiger partial charge in [0.15, 0.2) is 5.22 Å². The summed E-state index contributed by atoms with van der Waals surface area (Å²) in [6.07, 6.45) is 0. The van der Waals surface area contributed by atoms with E-state index in [1.54, 1.807) is 0 Å². The molecule has 7 heteroatoms. The van der Waals surface area contributed by atoms with Crippen LogP contribution in [0.4, 0.5) is 0 Å². The molecule has 0 saturated heterocycles. The highest BCUT2D eigenvalue weighted by molar-refractivity contribution is 5.74. The van der Waals surface area contributed by atoms with E-state index >= 15 is 0 Å². The van der Waals surface area contributed by atoms with Gasteiger partial charge in [-0.3, -0.25) is 0 Å². The molecule has 0 rings (SSSR count). The minimum atomic E-state index is -1.04. The molecular weight excluding hydrogens is 114 g/mol. The fourth-order valence-corrected chi connectivity index (χ4v) is 0.0847. The van der Waals surface area contributed by atoms with Gasteiger partial charge in [0.05, 0.1) is 5.03 Å². The third-order valence-electron chi connectivity index (χ3n) is 0.225. The second-order valence-corrected chi connectivity index (χ2v) is 0.813. The molecule has 0 aromatic rings. The number of hydrogen-bond acceptors (Lipinski definition) is 3. The first kappa shape index (κ1) is 6.47. The predicted octanol–water partition coefficient (Wildman–Crippen LogP) is -0.476. The van der Waals surface area contributed by atoms with Crippen molar-refractivity contribution in [3.05, 3.63) is 10.1 Å². The van der Waals surface area contributed by atoms with Crippen LogP contribution < -0.4 is 5.73 Å². The van der Waals surface area contributed by atoms with E-state index in [0.29, 0.717) is 0 Å². The van der Waals surface area contributed by atoms with Crippen LogP contribution in [0.1, 0.15) is 0 Å². The average Bonchev–Trinajstić information content (AvgIpc) is 1.61. The fraction of sp³-hybridized carbons (Fsp3) is 0. The number of nitrogens with one attached hydrogen (secondary N) is 1. The molecule has 0 heterocycles. The molecule has 0 saturated carbocycles. The smallest absolute Gasteiger partial charge is 0.345 e. The van der Waals surface area contributed by atoms with Crippen molar-refractivity contribution in [1.82, 2.24) is 0 Å².